The monoisotopic (exact) mass is 275 g/mol. The highest BCUT2D eigenvalue weighted by Crippen LogP contribution is 2.25. The van der Waals surface area contributed by atoms with Gasteiger partial charge >= 0.3 is 0 Å². The van der Waals surface area contributed by atoms with Crippen molar-refractivity contribution in [1.29, 1.82) is 0 Å². The van der Waals surface area contributed by atoms with E-state index in [1.807, 2.05) is 54.6 Å². The zero-order valence-electron chi connectivity index (χ0n) is 12.0. The van der Waals surface area contributed by atoms with Crippen molar-refractivity contribution in [3.05, 3.63) is 72.9 Å². The molecular formula is C18H17N3. The Morgan fingerprint density at radius 2 is 1.57 bits per heavy atom. The lowest BCUT2D eigenvalue weighted by Gasteiger charge is -2.22. The van der Waals surface area contributed by atoms with Crippen molar-refractivity contribution in [2.45, 2.75) is 6.92 Å². The van der Waals surface area contributed by atoms with Crippen molar-refractivity contribution >= 4 is 11.5 Å². The molecule has 0 N–H and O–H groups in total. The van der Waals surface area contributed by atoms with Crippen molar-refractivity contribution in [1.82, 2.24) is 9.97 Å². The summed E-state index contributed by atoms with van der Waals surface area (Å²) < 4.78 is 0. The van der Waals surface area contributed by atoms with E-state index in [9.17, 15) is 0 Å². The molecule has 0 atom stereocenters. The Morgan fingerprint density at radius 1 is 0.810 bits per heavy atom. The van der Waals surface area contributed by atoms with Crippen molar-refractivity contribution in [3.8, 4) is 11.4 Å². The number of anilines is 2. The highest BCUT2D eigenvalue weighted by Gasteiger charge is 2.09. The normalized spacial score (nSPS) is 10.3. The number of hydrogen-bond donors (Lipinski definition) is 0. The average Bonchev–Trinajstić information content (AvgIpc) is 2.58. The van der Waals surface area contributed by atoms with Gasteiger partial charge in [-0.1, -0.05) is 30.3 Å². The van der Waals surface area contributed by atoms with Crippen LogP contribution >= 0.6 is 0 Å². The molecule has 1 aromatic carbocycles. The molecule has 0 saturated heterocycles. The Hall–Kier alpha value is -2.68. The van der Waals surface area contributed by atoms with E-state index in [0.717, 1.165) is 29.4 Å². The minimum Gasteiger partial charge on any atom is -0.327 e. The number of hydrogen-bond acceptors (Lipinski definition) is 3. The summed E-state index contributed by atoms with van der Waals surface area (Å²) in [5.74, 6) is 0.937. The van der Waals surface area contributed by atoms with Gasteiger partial charge in [0.1, 0.15) is 5.82 Å². The second-order valence-electron chi connectivity index (χ2n) is 4.68. The summed E-state index contributed by atoms with van der Waals surface area (Å²) in [5.41, 5.74) is 2.93. The highest BCUT2D eigenvalue weighted by atomic mass is 15.2. The third-order valence-corrected chi connectivity index (χ3v) is 3.32. The Kier molecular flexibility index (Phi) is 3.92. The molecule has 2 aromatic heterocycles. The van der Waals surface area contributed by atoms with Gasteiger partial charge in [-0.3, -0.25) is 4.98 Å². The molecule has 0 fully saturated rings. The standard InChI is InChI=1S/C18H17N3/c1-2-21(15-9-4-3-5-10-15)18-13-8-12-17(20-18)16-11-6-7-14-19-16/h3-14H,2H2,1H3. The van der Waals surface area contributed by atoms with Gasteiger partial charge in [0.25, 0.3) is 0 Å². The van der Waals surface area contributed by atoms with Gasteiger partial charge in [0.2, 0.25) is 0 Å². The van der Waals surface area contributed by atoms with Crippen LogP contribution in [0, 0.1) is 0 Å². The minimum absolute atomic E-state index is 0.864. The Labute approximate surface area is 124 Å². The van der Waals surface area contributed by atoms with Gasteiger partial charge in [-0.05, 0) is 43.3 Å². The van der Waals surface area contributed by atoms with Gasteiger partial charge in [-0.25, -0.2) is 4.98 Å². The maximum Gasteiger partial charge on any atom is 0.133 e. The first-order valence-electron chi connectivity index (χ1n) is 7.09. The Morgan fingerprint density at radius 3 is 2.29 bits per heavy atom. The van der Waals surface area contributed by atoms with Gasteiger partial charge in [0.05, 0.1) is 11.4 Å². The molecule has 0 aliphatic carbocycles. The SMILES string of the molecule is CCN(c1ccccc1)c1cccc(-c2ccccn2)n1. The molecule has 2 heterocycles. The van der Waals surface area contributed by atoms with Gasteiger partial charge in [-0.2, -0.15) is 0 Å². The van der Waals surface area contributed by atoms with E-state index >= 15 is 0 Å². The molecule has 0 aliphatic rings. The number of rotatable bonds is 4. The van der Waals surface area contributed by atoms with E-state index < -0.39 is 0 Å². The predicted octanol–water partition coefficient (Wildman–Crippen LogP) is 4.30. The molecule has 0 spiro atoms. The van der Waals surface area contributed by atoms with E-state index in [4.69, 9.17) is 4.98 Å². The van der Waals surface area contributed by atoms with Gasteiger partial charge < -0.3 is 4.90 Å². The fraction of sp³-hybridized carbons (Fsp3) is 0.111. The zero-order valence-corrected chi connectivity index (χ0v) is 12.0. The Bertz CT molecular complexity index is 696. The molecule has 3 rings (SSSR count). The van der Waals surface area contributed by atoms with Crippen LogP contribution in [0.1, 0.15) is 6.92 Å². The Balaban J connectivity index is 1.99. The first kappa shape index (κ1) is 13.3. The van der Waals surface area contributed by atoms with Crippen molar-refractivity contribution in [2.75, 3.05) is 11.4 Å². The fourth-order valence-electron chi connectivity index (χ4n) is 2.32. The minimum atomic E-state index is 0.864. The number of pyridine rings is 2. The van der Waals surface area contributed by atoms with Gasteiger partial charge in [-0.15, -0.1) is 0 Å². The van der Waals surface area contributed by atoms with Crippen molar-refractivity contribution in [2.24, 2.45) is 0 Å². The third kappa shape index (κ3) is 2.92. The second kappa shape index (κ2) is 6.18. The summed E-state index contributed by atoms with van der Waals surface area (Å²) in [6.07, 6.45) is 1.79. The molecular weight excluding hydrogens is 258 g/mol. The molecule has 3 aromatic rings. The number of para-hydroxylation sites is 1. The molecule has 21 heavy (non-hydrogen) atoms. The molecule has 3 nitrogen and oxygen atoms in total. The molecule has 104 valence electrons. The van der Waals surface area contributed by atoms with Crippen molar-refractivity contribution in [3.63, 3.8) is 0 Å². The van der Waals surface area contributed by atoms with Crippen LogP contribution in [-0.4, -0.2) is 16.5 Å². The summed E-state index contributed by atoms with van der Waals surface area (Å²) in [6, 6.07) is 22.2. The van der Waals surface area contributed by atoms with E-state index in [2.05, 4.69) is 28.9 Å². The topological polar surface area (TPSA) is 29.0 Å². The van der Waals surface area contributed by atoms with Crippen LogP contribution in [0.25, 0.3) is 11.4 Å². The lowest BCUT2D eigenvalue weighted by Crippen LogP contribution is -2.17. The number of nitrogens with zero attached hydrogens (tertiary/aromatic N) is 3. The number of benzene rings is 1. The summed E-state index contributed by atoms with van der Waals surface area (Å²) in [5, 5.41) is 0. The number of aromatic nitrogens is 2. The lowest BCUT2D eigenvalue weighted by molar-refractivity contribution is 0.990. The first-order valence-corrected chi connectivity index (χ1v) is 7.09. The van der Waals surface area contributed by atoms with Crippen molar-refractivity contribution < 1.29 is 0 Å². The predicted molar refractivity (Wildman–Crippen MR) is 86.6 cm³/mol. The molecule has 0 radical (unpaired) electrons. The van der Waals surface area contributed by atoms with E-state index in [1.165, 1.54) is 0 Å². The van der Waals surface area contributed by atoms with Gasteiger partial charge in [0, 0.05) is 18.4 Å². The maximum atomic E-state index is 4.75. The van der Waals surface area contributed by atoms with E-state index in [0.29, 0.717) is 0 Å². The van der Waals surface area contributed by atoms with Crippen LogP contribution in [0.15, 0.2) is 72.9 Å². The van der Waals surface area contributed by atoms with Crippen LogP contribution in [-0.2, 0) is 0 Å². The average molecular weight is 275 g/mol. The third-order valence-electron chi connectivity index (χ3n) is 3.32. The molecule has 0 amide bonds. The molecule has 0 unspecified atom stereocenters. The van der Waals surface area contributed by atoms with E-state index in [1.54, 1.807) is 6.20 Å². The van der Waals surface area contributed by atoms with E-state index in [-0.39, 0.29) is 0 Å². The van der Waals surface area contributed by atoms with Crippen LogP contribution < -0.4 is 4.90 Å². The first-order chi connectivity index (χ1) is 10.4. The van der Waals surface area contributed by atoms with Gasteiger partial charge in [0.15, 0.2) is 0 Å². The zero-order chi connectivity index (χ0) is 14.5. The molecule has 3 heteroatoms. The highest BCUT2D eigenvalue weighted by molar-refractivity contribution is 5.63. The summed E-state index contributed by atoms with van der Waals surface area (Å²) in [6.45, 7) is 2.99. The van der Waals surface area contributed by atoms with Crippen LogP contribution in [0.4, 0.5) is 11.5 Å². The van der Waals surface area contributed by atoms with Crippen LogP contribution in [0.3, 0.4) is 0 Å². The quantitative estimate of drug-likeness (QED) is 0.710. The largest absolute Gasteiger partial charge is 0.327 e. The summed E-state index contributed by atoms with van der Waals surface area (Å²) >= 11 is 0. The molecule has 0 saturated carbocycles. The smallest absolute Gasteiger partial charge is 0.133 e. The van der Waals surface area contributed by atoms with Crippen LogP contribution in [0.2, 0.25) is 0 Å². The summed E-state index contributed by atoms with van der Waals surface area (Å²) in [7, 11) is 0. The van der Waals surface area contributed by atoms with Crippen LogP contribution in [0.5, 0.6) is 0 Å². The fourth-order valence-corrected chi connectivity index (χ4v) is 2.32. The molecule has 0 bridgehead atoms. The second-order valence-corrected chi connectivity index (χ2v) is 4.68. The maximum absolute atomic E-state index is 4.75. The molecule has 0 aliphatic heterocycles. The lowest BCUT2D eigenvalue weighted by atomic mass is 10.2. The summed E-state index contributed by atoms with van der Waals surface area (Å²) in [4.78, 5) is 11.3.